The van der Waals surface area contributed by atoms with E-state index in [9.17, 15) is 0 Å². The number of hydrogen-bond donors (Lipinski definition) is 0. The minimum Gasteiger partial charge on any atom is -0.359 e. The zero-order valence-electron chi connectivity index (χ0n) is 8.80. The van der Waals surface area contributed by atoms with Crippen LogP contribution < -0.4 is 4.90 Å². The summed E-state index contributed by atoms with van der Waals surface area (Å²) in [5.74, 6) is 1.92. The lowest BCUT2D eigenvalue weighted by Crippen LogP contribution is -2.21. The third-order valence-electron chi connectivity index (χ3n) is 2.86. The predicted octanol–water partition coefficient (Wildman–Crippen LogP) is 1.58. The van der Waals surface area contributed by atoms with Crippen molar-refractivity contribution in [1.29, 1.82) is 0 Å². The van der Waals surface area contributed by atoms with E-state index in [0.29, 0.717) is 0 Å². The van der Waals surface area contributed by atoms with Gasteiger partial charge in [0.15, 0.2) is 5.65 Å². The highest BCUT2D eigenvalue weighted by atomic mass is 15.3. The standard InChI is InChI=1S/C11H14N4/c1-14(8-9-2-3-9)10-5-7-15-11(13-10)4-6-12-15/h4-7,9H,2-3,8H2,1H3. The molecule has 78 valence electrons. The minimum atomic E-state index is 0.887. The van der Waals surface area contributed by atoms with Crippen LogP contribution in [0.5, 0.6) is 0 Å². The van der Waals surface area contributed by atoms with Crippen molar-refractivity contribution in [2.24, 2.45) is 5.92 Å². The first kappa shape index (κ1) is 8.71. The fraction of sp³-hybridized carbons (Fsp3) is 0.455. The van der Waals surface area contributed by atoms with E-state index in [0.717, 1.165) is 23.9 Å². The Morgan fingerprint density at radius 3 is 3.13 bits per heavy atom. The van der Waals surface area contributed by atoms with Gasteiger partial charge in [-0.3, -0.25) is 0 Å². The van der Waals surface area contributed by atoms with Crippen molar-refractivity contribution in [3.8, 4) is 0 Å². The van der Waals surface area contributed by atoms with E-state index < -0.39 is 0 Å². The second-order valence-electron chi connectivity index (χ2n) is 4.24. The van der Waals surface area contributed by atoms with E-state index in [2.05, 4.69) is 22.0 Å². The Morgan fingerprint density at radius 2 is 2.33 bits per heavy atom. The number of rotatable bonds is 3. The molecule has 0 unspecified atom stereocenters. The molecule has 4 nitrogen and oxygen atoms in total. The molecule has 1 aliphatic rings. The molecule has 0 radical (unpaired) electrons. The Labute approximate surface area is 88.5 Å². The van der Waals surface area contributed by atoms with Crippen molar-refractivity contribution in [2.75, 3.05) is 18.5 Å². The summed E-state index contributed by atoms with van der Waals surface area (Å²) < 4.78 is 1.79. The van der Waals surface area contributed by atoms with E-state index in [1.54, 1.807) is 10.7 Å². The molecule has 1 saturated carbocycles. The van der Waals surface area contributed by atoms with Crippen LogP contribution in [0.25, 0.3) is 5.65 Å². The number of nitrogens with zero attached hydrogens (tertiary/aromatic N) is 4. The Morgan fingerprint density at radius 1 is 1.47 bits per heavy atom. The van der Waals surface area contributed by atoms with Crippen LogP contribution in [-0.4, -0.2) is 28.2 Å². The molecule has 4 heteroatoms. The van der Waals surface area contributed by atoms with E-state index in [-0.39, 0.29) is 0 Å². The molecule has 2 aromatic heterocycles. The van der Waals surface area contributed by atoms with Crippen LogP contribution in [0.15, 0.2) is 24.5 Å². The molecular weight excluding hydrogens is 188 g/mol. The third kappa shape index (κ3) is 1.67. The first-order valence-electron chi connectivity index (χ1n) is 5.34. The second kappa shape index (κ2) is 3.22. The summed E-state index contributed by atoms with van der Waals surface area (Å²) in [5.41, 5.74) is 0.912. The fourth-order valence-electron chi connectivity index (χ4n) is 1.80. The van der Waals surface area contributed by atoms with Crippen LogP contribution in [0.1, 0.15) is 12.8 Å². The largest absolute Gasteiger partial charge is 0.359 e. The normalized spacial score (nSPS) is 15.8. The van der Waals surface area contributed by atoms with Crippen LogP contribution in [-0.2, 0) is 0 Å². The lowest BCUT2D eigenvalue weighted by molar-refractivity contribution is 0.775. The van der Waals surface area contributed by atoms with Gasteiger partial charge in [0.2, 0.25) is 0 Å². The smallest absolute Gasteiger partial charge is 0.157 e. The molecule has 2 aromatic rings. The molecule has 0 aliphatic heterocycles. The van der Waals surface area contributed by atoms with Gasteiger partial charge >= 0.3 is 0 Å². The van der Waals surface area contributed by atoms with Crippen molar-refractivity contribution >= 4 is 11.5 Å². The van der Waals surface area contributed by atoms with Crippen LogP contribution in [0.4, 0.5) is 5.82 Å². The molecule has 3 rings (SSSR count). The van der Waals surface area contributed by atoms with Gasteiger partial charge < -0.3 is 4.90 Å². The molecule has 2 heterocycles. The monoisotopic (exact) mass is 202 g/mol. The molecule has 0 spiro atoms. The molecule has 0 amide bonds. The number of fused-ring (bicyclic) bond motifs is 1. The highest BCUT2D eigenvalue weighted by Crippen LogP contribution is 2.30. The molecule has 0 N–H and O–H groups in total. The molecular formula is C11H14N4. The summed E-state index contributed by atoms with van der Waals surface area (Å²) in [4.78, 5) is 6.77. The Bertz CT molecular complexity index is 472. The topological polar surface area (TPSA) is 33.4 Å². The van der Waals surface area contributed by atoms with Crippen LogP contribution in [0.3, 0.4) is 0 Å². The SMILES string of the molecule is CN(CC1CC1)c1ccn2nccc2n1. The summed E-state index contributed by atoms with van der Waals surface area (Å²) in [6, 6.07) is 3.94. The van der Waals surface area contributed by atoms with E-state index in [1.807, 2.05) is 18.3 Å². The summed E-state index contributed by atoms with van der Waals surface area (Å²) in [6.45, 7) is 1.12. The number of hydrogen-bond acceptors (Lipinski definition) is 3. The van der Waals surface area contributed by atoms with Gasteiger partial charge in [-0.25, -0.2) is 9.50 Å². The van der Waals surface area contributed by atoms with E-state index in [1.165, 1.54) is 12.8 Å². The summed E-state index contributed by atoms with van der Waals surface area (Å²) in [5, 5.41) is 4.13. The van der Waals surface area contributed by atoms with E-state index >= 15 is 0 Å². The van der Waals surface area contributed by atoms with Gasteiger partial charge in [0, 0.05) is 25.9 Å². The zero-order valence-corrected chi connectivity index (χ0v) is 8.80. The second-order valence-corrected chi connectivity index (χ2v) is 4.24. The van der Waals surface area contributed by atoms with Crippen LogP contribution in [0, 0.1) is 5.92 Å². The lowest BCUT2D eigenvalue weighted by Gasteiger charge is -2.17. The van der Waals surface area contributed by atoms with Crippen molar-refractivity contribution in [3.63, 3.8) is 0 Å². The average molecular weight is 202 g/mol. The molecule has 0 bridgehead atoms. The van der Waals surface area contributed by atoms with Gasteiger partial charge in [-0.2, -0.15) is 5.10 Å². The lowest BCUT2D eigenvalue weighted by atomic mass is 10.4. The summed E-state index contributed by atoms with van der Waals surface area (Å²) >= 11 is 0. The van der Waals surface area contributed by atoms with Crippen molar-refractivity contribution in [3.05, 3.63) is 24.5 Å². The Balaban J connectivity index is 1.88. The molecule has 15 heavy (non-hydrogen) atoms. The maximum atomic E-state index is 4.54. The fourth-order valence-corrected chi connectivity index (χ4v) is 1.80. The quantitative estimate of drug-likeness (QED) is 0.757. The number of aromatic nitrogens is 3. The van der Waals surface area contributed by atoms with E-state index in [4.69, 9.17) is 0 Å². The molecule has 1 aliphatic carbocycles. The van der Waals surface area contributed by atoms with Crippen molar-refractivity contribution in [1.82, 2.24) is 14.6 Å². The zero-order chi connectivity index (χ0) is 10.3. The first-order valence-corrected chi connectivity index (χ1v) is 5.34. The van der Waals surface area contributed by atoms with Crippen LogP contribution in [0.2, 0.25) is 0 Å². The molecule has 1 fully saturated rings. The Hall–Kier alpha value is -1.58. The summed E-state index contributed by atoms with van der Waals surface area (Å²) in [6.07, 6.45) is 6.48. The third-order valence-corrected chi connectivity index (χ3v) is 2.86. The van der Waals surface area contributed by atoms with Crippen molar-refractivity contribution < 1.29 is 0 Å². The predicted molar refractivity (Wildman–Crippen MR) is 59.0 cm³/mol. The molecule has 0 saturated heterocycles. The van der Waals surface area contributed by atoms with Crippen molar-refractivity contribution in [2.45, 2.75) is 12.8 Å². The van der Waals surface area contributed by atoms with Gasteiger partial charge in [0.1, 0.15) is 5.82 Å². The minimum absolute atomic E-state index is 0.887. The van der Waals surface area contributed by atoms with Crippen LogP contribution >= 0.6 is 0 Å². The average Bonchev–Trinajstić information content (AvgIpc) is 2.94. The highest BCUT2D eigenvalue weighted by Gasteiger charge is 2.23. The van der Waals surface area contributed by atoms with Gasteiger partial charge in [-0.15, -0.1) is 0 Å². The number of anilines is 1. The van der Waals surface area contributed by atoms with Gasteiger partial charge in [-0.1, -0.05) is 0 Å². The first-order chi connectivity index (χ1) is 7.33. The highest BCUT2D eigenvalue weighted by molar-refractivity contribution is 5.46. The van der Waals surface area contributed by atoms with Gasteiger partial charge in [0.05, 0.1) is 6.20 Å². The van der Waals surface area contributed by atoms with Gasteiger partial charge in [0.25, 0.3) is 0 Å². The maximum absolute atomic E-state index is 4.54. The van der Waals surface area contributed by atoms with Gasteiger partial charge in [-0.05, 0) is 24.8 Å². The molecule has 0 atom stereocenters. The Kier molecular flexibility index (Phi) is 1.87. The summed E-state index contributed by atoms with van der Waals surface area (Å²) in [7, 11) is 2.10. The molecule has 0 aromatic carbocycles. The maximum Gasteiger partial charge on any atom is 0.157 e.